The number of hydrogen-bond donors (Lipinski definition) is 4. The molecule has 1 aliphatic heterocycles. The maximum Gasteiger partial charge on any atom is 0.164 e. The Hall–Kier alpha value is -2.18. The van der Waals surface area contributed by atoms with Crippen LogP contribution in [-0.2, 0) is 11.2 Å². The number of hydrogen-bond acceptors (Lipinski definition) is 9. The van der Waals surface area contributed by atoms with E-state index in [-0.39, 0.29) is 49.0 Å². The summed E-state index contributed by atoms with van der Waals surface area (Å²) >= 11 is 6.06. The third kappa shape index (κ3) is 4.30. The van der Waals surface area contributed by atoms with Crippen molar-refractivity contribution < 1.29 is 14.9 Å². The van der Waals surface area contributed by atoms with Crippen LogP contribution in [0.4, 0.5) is 11.6 Å². The Balaban J connectivity index is 0.00000120. The highest BCUT2D eigenvalue weighted by Crippen LogP contribution is 2.50. The topological polar surface area (TPSA) is 158 Å². The van der Waals surface area contributed by atoms with Crippen molar-refractivity contribution in [3.8, 4) is 0 Å². The van der Waals surface area contributed by atoms with Gasteiger partial charge in [0.2, 0.25) is 0 Å². The first-order chi connectivity index (χ1) is 15.8. The maximum atomic E-state index is 11.4. The van der Waals surface area contributed by atoms with E-state index in [2.05, 4.69) is 19.9 Å². The molecule has 6 rings (SSSR count). The van der Waals surface area contributed by atoms with E-state index in [1.165, 1.54) is 6.33 Å². The number of nitrogen functional groups attached to an aromatic ring is 2. The number of ether oxygens (including phenoxy) is 1. The van der Waals surface area contributed by atoms with Gasteiger partial charge in [-0.2, -0.15) is 0 Å². The molecule has 0 radical (unpaired) electrons. The molecule has 10 nitrogen and oxygen atoms in total. The van der Waals surface area contributed by atoms with Crippen LogP contribution in [-0.4, -0.2) is 52.5 Å². The second kappa shape index (κ2) is 10.3. The molecule has 5 heterocycles. The van der Waals surface area contributed by atoms with Crippen LogP contribution >= 0.6 is 48.8 Å². The maximum absolute atomic E-state index is 11.4. The minimum absolute atomic E-state index is 0. The van der Waals surface area contributed by atoms with Gasteiger partial charge >= 0.3 is 0 Å². The average molecular weight is 577 g/mol. The highest BCUT2D eigenvalue weighted by atomic mass is 35.5. The van der Waals surface area contributed by atoms with Crippen molar-refractivity contribution in [2.75, 3.05) is 11.5 Å². The van der Waals surface area contributed by atoms with Crippen LogP contribution in [0.3, 0.4) is 0 Å². The molecular formula is C22H25Cl4N7O3. The van der Waals surface area contributed by atoms with Crippen molar-refractivity contribution in [1.82, 2.24) is 24.5 Å². The zero-order valence-electron chi connectivity index (χ0n) is 18.7. The fourth-order valence-electron chi connectivity index (χ4n) is 5.22. The van der Waals surface area contributed by atoms with Crippen LogP contribution in [0.1, 0.15) is 24.8 Å². The Morgan fingerprint density at radius 3 is 2.67 bits per heavy atom. The molecular weight excluding hydrogens is 552 g/mol. The molecule has 5 atom stereocenters. The van der Waals surface area contributed by atoms with Gasteiger partial charge in [-0.05, 0) is 49.4 Å². The summed E-state index contributed by atoms with van der Waals surface area (Å²) in [6, 6.07) is 7.33. The van der Waals surface area contributed by atoms with Gasteiger partial charge in [-0.15, -0.1) is 37.2 Å². The molecule has 194 valence electrons. The quantitative estimate of drug-likeness (QED) is 0.287. The van der Waals surface area contributed by atoms with Crippen LogP contribution in [0.15, 0.2) is 36.8 Å². The van der Waals surface area contributed by atoms with Crippen molar-refractivity contribution in [3.05, 3.63) is 47.5 Å². The van der Waals surface area contributed by atoms with Crippen molar-refractivity contribution >= 4 is 82.5 Å². The number of nitrogens with two attached hydrogens (primary N) is 2. The van der Waals surface area contributed by atoms with Crippen molar-refractivity contribution in [1.29, 1.82) is 0 Å². The van der Waals surface area contributed by atoms with E-state index in [4.69, 9.17) is 27.8 Å². The standard InChI is InChI=1S/C22H22ClN7O3.3ClH/c23-14-8-11-1-2-12(28-19(11)29-18(14)25)7-10-3-5-22(32)15(31)21(33-16(10)22)30-6-4-13-17(24)26-9-27-20(13)30;;;/h1-2,4,6,8-10,15-16,21,31-32H,3,5,7H2,(H2,24,26,27)(H2,25,28,29);3*1H/t10-,15-,16+,21+,22-;;;/m0.../s1. The summed E-state index contributed by atoms with van der Waals surface area (Å²) in [5, 5.41) is 24.3. The third-order valence-corrected chi connectivity index (χ3v) is 7.21. The number of aliphatic hydroxyl groups is 2. The number of fused-ring (bicyclic) bond motifs is 3. The normalized spacial score (nSPS) is 26.8. The summed E-state index contributed by atoms with van der Waals surface area (Å²) < 4.78 is 7.99. The molecule has 2 aliphatic rings. The summed E-state index contributed by atoms with van der Waals surface area (Å²) in [4.78, 5) is 17.2. The summed E-state index contributed by atoms with van der Waals surface area (Å²) in [7, 11) is 0. The van der Waals surface area contributed by atoms with E-state index in [1.54, 1.807) is 22.9 Å². The highest BCUT2D eigenvalue weighted by Gasteiger charge is 2.61. The van der Waals surface area contributed by atoms with Crippen molar-refractivity contribution in [2.24, 2.45) is 5.92 Å². The number of halogens is 4. The molecule has 0 aromatic carbocycles. The van der Waals surface area contributed by atoms with Crippen LogP contribution in [0.2, 0.25) is 5.02 Å². The molecule has 1 saturated heterocycles. The molecule has 4 aromatic heterocycles. The van der Waals surface area contributed by atoms with E-state index >= 15 is 0 Å². The predicted octanol–water partition coefficient (Wildman–Crippen LogP) is 3.10. The molecule has 6 N–H and O–H groups in total. The van der Waals surface area contributed by atoms with E-state index in [0.29, 0.717) is 46.8 Å². The number of anilines is 2. The zero-order chi connectivity index (χ0) is 22.9. The summed E-state index contributed by atoms with van der Waals surface area (Å²) in [5.41, 5.74) is 12.3. The van der Waals surface area contributed by atoms with Crippen LogP contribution in [0, 0.1) is 5.92 Å². The molecule has 2 fully saturated rings. The molecule has 0 bridgehead atoms. The average Bonchev–Trinajstić information content (AvgIpc) is 3.42. The number of aliphatic hydroxyl groups excluding tert-OH is 1. The Labute approximate surface area is 229 Å². The predicted molar refractivity (Wildman–Crippen MR) is 144 cm³/mol. The molecule has 1 aliphatic carbocycles. The van der Waals surface area contributed by atoms with Crippen molar-refractivity contribution in [3.63, 3.8) is 0 Å². The van der Waals surface area contributed by atoms with Crippen LogP contribution < -0.4 is 11.5 Å². The van der Waals surface area contributed by atoms with Gasteiger partial charge in [0, 0.05) is 17.3 Å². The lowest BCUT2D eigenvalue weighted by Crippen LogP contribution is -2.45. The van der Waals surface area contributed by atoms with Gasteiger partial charge in [-0.3, -0.25) is 0 Å². The summed E-state index contributed by atoms with van der Waals surface area (Å²) in [6.45, 7) is 0. The van der Waals surface area contributed by atoms with E-state index in [9.17, 15) is 10.2 Å². The lowest BCUT2D eigenvalue weighted by Gasteiger charge is -2.26. The third-order valence-electron chi connectivity index (χ3n) is 6.91. The number of pyridine rings is 2. The molecule has 1 saturated carbocycles. The van der Waals surface area contributed by atoms with Crippen LogP contribution in [0.25, 0.3) is 22.1 Å². The smallest absolute Gasteiger partial charge is 0.164 e. The Morgan fingerprint density at radius 1 is 1.11 bits per heavy atom. The van der Waals surface area contributed by atoms with Gasteiger partial charge in [0.15, 0.2) is 11.9 Å². The fourth-order valence-corrected chi connectivity index (χ4v) is 5.38. The molecule has 0 spiro atoms. The SMILES string of the molecule is Cl.Cl.Cl.Nc1nc2nc(C[C@@H]3CC[C@@]4(O)[C@@H]3O[C@@H](n3ccc5c(N)ncnc53)[C@@H]4O)ccc2cc1Cl. The van der Waals surface area contributed by atoms with Gasteiger partial charge in [0.1, 0.15) is 35.3 Å². The number of aromatic nitrogens is 5. The largest absolute Gasteiger partial charge is 0.385 e. The van der Waals surface area contributed by atoms with E-state index in [1.807, 2.05) is 12.1 Å². The lowest BCUT2D eigenvalue weighted by atomic mass is 9.91. The monoisotopic (exact) mass is 575 g/mol. The van der Waals surface area contributed by atoms with E-state index < -0.39 is 24.0 Å². The minimum Gasteiger partial charge on any atom is -0.385 e. The Morgan fingerprint density at radius 2 is 1.89 bits per heavy atom. The number of nitrogens with zero attached hydrogens (tertiary/aromatic N) is 5. The van der Waals surface area contributed by atoms with Gasteiger partial charge in [0.25, 0.3) is 0 Å². The first-order valence-corrected chi connectivity index (χ1v) is 11.1. The van der Waals surface area contributed by atoms with Crippen molar-refractivity contribution in [2.45, 2.75) is 43.3 Å². The van der Waals surface area contributed by atoms with Gasteiger partial charge < -0.3 is 31.0 Å². The zero-order valence-corrected chi connectivity index (χ0v) is 21.9. The molecule has 4 aromatic rings. The van der Waals surface area contributed by atoms with Gasteiger partial charge in [-0.1, -0.05) is 11.6 Å². The molecule has 0 unspecified atom stereocenters. The first-order valence-electron chi connectivity index (χ1n) is 10.7. The molecule has 14 heteroatoms. The van der Waals surface area contributed by atoms with Gasteiger partial charge in [0.05, 0.1) is 16.5 Å². The van der Waals surface area contributed by atoms with E-state index in [0.717, 1.165) is 11.1 Å². The van der Waals surface area contributed by atoms with Crippen LogP contribution in [0.5, 0.6) is 0 Å². The summed E-state index contributed by atoms with van der Waals surface area (Å²) in [6.07, 6.45) is 2.33. The Bertz CT molecular complexity index is 1410. The second-order valence-electron chi connectivity index (χ2n) is 8.81. The molecule has 36 heavy (non-hydrogen) atoms. The minimum atomic E-state index is -1.36. The highest BCUT2D eigenvalue weighted by molar-refractivity contribution is 6.33. The van der Waals surface area contributed by atoms with Gasteiger partial charge in [-0.25, -0.2) is 19.9 Å². The first kappa shape index (κ1) is 28.4. The Kier molecular flexibility index (Phi) is 8.12. The summed E-state index contributed by atoms with van der Waals surface area (Å²) in [5.74, 6) is 0.546. The lowest BCUT2D eigenvalue weighted by molar-refractivity contribution is -0.0675. The molecule has 0 amide bonds. The fraction of sp³-hybridized carbons (Fsp3) is 0.364. The second-order valence-corrected chi connectivity index (χ2v) is 9.22. The number of rotatable bonds is 3.